The van der Waals surface area contributed by atoms with Gasteiger partial charge in [0.15, 0.2) is 11.7 Å². The molecule has 0 atom stereocenters. The van der Waals surface area contributed by atoms with E-state index in [-0.39, 0.29) is 22.6 Å². The van der Waals surface area contributed by atoms with Crippen molar-refractivity contribution in [3.63, 3.8) is 0 Å². The number of Topliss-reactive ketones (excluding diaryl/α,β-unsaturated/α-hetero) is 1. The van der Waals surface area contributed by atoms with Crippen molar-refractivity contribution < 1.29 is 19.4 Å². The molecular formula is C19H22N2O4. The molecule has 0 bridgehead atoms. The van der Waals surface area contributed by atoms with Crippen LogP contribution in [0.4, 0.5) is 0 Å². The van der Waals surface area contributed by atoms with E-state index in [1.54, 1.807) is 22.8 Å². The van der Waals surface area contributed by atoms with Gasteiger partial charge in [-0.2, -0.15) is 0 Å². The fraction of sp³-hybridized carbons (Fsp3) is 0.368. The number of hydrogen-bond donors (Lipinski definition) is 2. The smallest absolute Gasteiger partial charge is 0.252 e. The van der Waals surface area contributed by atoms with Gasteiger partial charge in [-0.15, -0.1) is 0 Å². The molecule has 0 fully saturated rings. The van der Waals surface area contributed by atoms with Crippen LogP contribution in [0.2, 0.25) is 0 Å². The van der Waals surface area contributed by atoms with E-state index in [2.05, 4.69) is 0 Å². The summed E-state index contributed by atoms with van der Waals surface area (Å²) in [6.45, 7) is 6.26. The quantitative estimate of drug-likeness (QED) is 0.893. The second-order valence-electron chi connectivity index (χ2n) is 7.12. The molecule has 0 unspecified atom stereocenters. The maximum atomic E-state index is 12.4. The molecule has 1 aliphatic rings. The molecule has 0 saturated carbocycles. The van der Waals surface area contributed by atoms with Gasteiger partial charge >= 0.3 is 0 Å². The molecule has 132 valence electrons. The van der Waals surface area contributed by atoms with E-state index >= 15 is 0 Å². The van der Waals surface area contributed by atoms with Gasteiger partial charge in [0.2, 0.25) is 0 Å². The third-order valence-electron chi connectivity index (χ3n) is 4.46. The van der Waals surface area contributed by atoms with Crippen LogP contribution in [0.3, 0.4) is 0 Å². The van der Waals surface area contributed by atoms with Crippen molar-refractivity contribution >= 4 is 11.7 Å². The Balaban J connectivity index is 2.17. The lowest BCUT2D eigenvalue weighted by Gasteiger charge is -2.29. The lowest BCUT2D eigenvalue weighted by molar-refractivity contribution is 0.0910. The van der Waals surface area contributed by atoms with Gasteiger partial charge in [0, 0.05) is 29.8 Å². The molecule has 1 heterocycles. The monoisotopic (exact) mass is 342 g/mol. The van der Waals surface area contributed by atoms with Crippen LogP contribution in [0.5, 0.6) is 11.6 Å². The summed E-state index contributed by atoms with van der Waals surface area (Å²) in [5.41, 5.74) is 7.43. The van der Waals surface area contributed by atoms with Crippen molar-refractivity contribution in [2.75, 3.05) is 6.61 Å². The molecule has 3 rings (SSSR count). The zero-order valence-corrected chi connectivity index (χ0v) is 14.6. The average Bonchev–Trinajstić information content (AvgIpc) is 2.82. The number of ketones is 1. The highest BCUT2D eigenvalue weighted by atomic mass is 16.5. The summed E-state index contributed by atoms with van der Waals surface area (Å²) in [5, 5.41) is 10.4. The first-order valence-corrected chi connectivity index (χ1v) is 8.27. The molecule has 1 aromatic heterocycles. The minimum atomic E-state index is -0.579. The Kier molecular flexibility index (Phi) is 4.06. The first-order valence-electron chi connectivity index (χ1n) is 8.27. The number of aromatic hydroxyl groups is 1. The normalized spacial score (nSPS) is 15.7. The topological polar surface area (TPSA) is 94.6 Å². The number of fused-ring (bicyclic) bond motifs is 1. The van der Waals surface area contributed by atoms with Gasteiger partial charge in [-0.3, -0.25) is 14.2 Å². The van der Waals surface area contributed by atoms with Crippen molar-refractivity contribution in [3.8, 4) is 17.3 Å². The summed E-state index contributed by atoms with van der Waals surface area (Å²) in [6.07, 6.45) is 1.12. The number of carbonyl (C=O) groups excluding carboxylic acids is 2. The minimum absolute atomic E-state index is 0.00896. The number of nitrogens with two attached hydrogens (primary N) is 1. The number of nitrogens with zero attached hydrogens (tertiary/aromatic N) is 1. The van der Waals surface area contributed by atoms with Crippen molar-refractivity contribution in [1.29, 1.82) is 0 Å². The van der Waals surface area contributed by atoms with E-state index in [1.165, 1.54) is 6.07 Å². The molecule has 6 nitrogen and oxygen atoms in total. The second-order valence-corrected chi connectivity index (χ2v) is 7.12. The Morgan fingerprint density at radius 2 is 2.04 bits per heavy atom. The van der Waals surface area contributed by atoms with Gasteiger partial charge < -0.3 is 15.6 Å². The molecule has 0 aliphatic heterocycles. The Labute approximate surface area is 146 Å². The zero-order valence-electron chi connectivity index (χ0n) is 14.6. The number of amides is 1. The van der Waals surface area contributed by atoms with E-state index in [4.69, 9.17) is 10.5 Å². The standard InChI is InChI=1S/C19H22N2O4/c1-4-25-16-7-11(5-6-12(16)18(20)24)21-14-9-19(2,3)10-15(22)13(14)8-17(21)23/h5-8,23H,4,9-10H2,1-3H3,(H2,20,24). The summed E-state index contributed by atoms with van der Waals surface area (Å²) in [4.78, 5) is 24.0. The predicted molar refractivity (Wildman–Crippen MR) is 93.6 cm³/mol. The average molecular weight is 342 g/mol. The van der Waals surface area contributed by atoms with Crippen LogP contribution >= 0.6 is 0 Å². The first kappa shape index (κ1) is 17.1. The minimum Gasteiger partial charge on any atom is -0.494 e. The van der Waals surface area contributed by atoms with Gasteiger partial charge in [0.05, 0.1) is 17.9 Å². The van der Waals surface area contributed by atoms with Gasteiger partial charge in [-0.1, -0.05) is 13.8 Å². The molecule has 0 saturated heterocycles. The zero-order chi connectivity index (χ0) is 18.4. The summed E-state index contributed by atoms with van der Waals surface area (Å²) in [7, 11) is 0. The van der Waals surface area contributed by atoms with Crippen molar-refractivity contribution in [1.82, 2.24) is 4.57 Å². The third-order valence-corrected chi connectivity index (χ3v) is 4.46. The van der Waals surface area contributed by atoms with Crippen LogP contribution in [-0.2, 0) is 6.42 Å². The number of primary amides is 1. The molecular weight excluding hydrogens is 320 g/mol. The Hall–Kier alpha value is -2.76. The highest BCUT2D eigenvalue weighted by Crippen LogP contribution is 2.40. The molecule has 3 N–H and O–H groups in total. The Morgan fingerprint density at radius 3 is 2.68 bits per heavy atom. The summed E-state index contributed by atoms with van der Waals surface area (Å²) in [6, 6.07) is 6.43. The van der Waals surface area contributed by atoms with Gasteiger partial charge in [0.25, 0.3) is 5.91 Å². The number of ether oxygens (including phenoxy) is 1. The number of hydrogen-bond acceptors (Lipinski definition) is 4. The summed E-state index contributed by atoms with van der Waals surface area (Å²) >= 11 is 0. The molecule has 6 heteroatoms. The molecule has 1 amide bonds. The highest BCUT2D eigenvalue weighted by molar-refractivity contribution is 5.99. The van der Waals surface area contributed by atoms with E-state index < -0.39 is 5.91 Å². The van der Waals surface area contributed by atoms with Crippen LogP contribution in [0, 0.1) is 5.41 Å². The highest BCUT2D eigenvalue weighted by Gasteiger charge is 2.35. The number of carbonyl (C=O) groups is 2. The van der Waals surface area contributed by atoms with Crippen LogP contribution < -0.4 is 10.5 Å². The number of aromatic nitrogens is 1. The maximum absolute atomic E-state index is 12.4. The predicted octanol–water partition coefficient (Wildman–Crippen LogP) is 2.84. The van der Waals surface area contributed by atoms with E-state index in [0.29, 0.717) is 36.4 Å². The SMILES string of the molecule is CCOc1cc(-n2c(O)cc3c2CC(C)(C)CC3=O)ccc1C(N)=O. The van der Waals surface area contributed by atoms with E-state index in [0.717, 1.165) is 5.69 Å². The molecule has 1 aliphatic carbocycles. The fourth-order valence-electron chi connectivity index (χ4n) is 3.41. The summed E-state index contributed by atoms with van der Waals surface area (Å²) < 4.78 is 7.16. The van der Waals surface area contributed by atoms with E-state index in [9.17, 15) is 14.7 Å². The van der Waals surface area contributed by atoms with Crippen molar-refractivity contribution in [2.24, 2.45) is 11.1 Å². The van der Waals surface area contributed by atoms with Crippen LogP contribution in [0.1, 0.15) is 53.6 Å². The van der Waals surface area contributed by atoms with Crippen molar-refractivity contribution in [3.05, 3.63) is 41.1 Å². The molecule has 0 radical (unpaired) electrons. The van der Waals surface area contributed by atoms with Crippen LogP contribution in [-0.4, -0.2) is 28.0 Å². The summed E-state index contributed by atoms with van der Waals surface area (Å²) in [5.74, 6) is -0.203. The van der Waals surface area contributed by atoms with Crippen LogP contribution in [0.25, 0.3) is 5.69 Å². The Morgan fingerprint density at radius 1 is 1.32 bits per heavy atom. The second kappa shape index (κ2) is 5.95. The lowest BCUT2D eigenvalue weighted by Crippen LogP contribution is -2.27. The molecule has 25 heavy (non-hydrogen) atoms. The molecule has 2 aromatic rings. The van der Waals surface area contributed by atoms with E-state index in [1.807, 2.05) is 20.8 Å². The lowest BCUT2D eigenvalue weighted by atomic mass is 9.76. The first-order chi connectivity index (χ1) is 11.7. The van der Waals surface area contributed by atoms with Gasteiger partial charge in [-0.25, -0.2) is 0 Å². The molecule has 1 aromatic carbocycles. The largest absolute Gasteiger partial charge is 0.494 e. The van der Waals surface area contributed by atoms with Crippen LogP contribution in [0.15, 0.2) is 24.3 Å². The van der Waals surface area contributed by atoms with Gasteiger partial charge in [0.1, 0.15) is 5.75 Å². The fourth-order valence-corrected chi connectivity index (χ4v) is 3.41. The number of benzene rings is 1. The third kappa shape index (κ3) is 2.99. The number of rotatable bonds is 4. The van der Waals surface area contributed by atoms with Crippen molar-refractivity contribution in [2.45, 2.75) is 33.6 Å². The van der Waals surface area contributed by atoms with Gasteiger partial charge in [-0.05, 0) is 30.9 Å². The maximum Gasteiger partial charge on any atom is 0.252 e. The molecule has 0 spiro atoms. The Bertz CT molecular complexity index is 865.